The third kappa shape index (κ3) is 5.54. The van der Waals surface area contributed by atoms with Crippen molar-refractivity contribution >= 4 is 22.6 Å². The van der Waals surface area contributed by atoms with Crippen molar-refractivity contribution in [3.8, 4) is 5.75 Å². The number of aromatic nitrogens is 1. The number of carbonyl (C=O) groups is 1. The van der Waals surface area contributed by atoms with Gasteiger partial charge in [-0.3, -0.25) is 9.69 Å². The van der Waals surface area contributed by atoms with Crippen LogP contribution in [0.15, 0.2) is 59.4 Å². The molecule has 2 heterocycles. The number of pyridine rings is 1. The highest BCUT2D eigenvalue weighted by molar-refractivity contribution is 5.89. The monoisotopic (exact) mass is 448 g/mol. The van der Waals surface area contributed by atoms with Crippen LogP contribution in [0.3, 0.4) is 0 Å². The topological polar surface area (TPSA) is 77.7 Å². The van der Waals surface area contributed by atoms with Gasteiger partial charge in [-0.15, -0.1) is 0 Å². The second-order valence-electron chi connectivity index (χ2n) is 8.41. The molecule has 33 heavy (non-hydrogen) atoms. The highest BCUT2D eigenvalue weighted by Crippen LogP contribution is 2.22. The Hall–Kier alpha value is -3.32. The van der Waals surface area contributed by atoms with Gasteiger partial charge in [0, 0.05) is 34.7 Å². The van der Waals surface area contributed by atoms with Crippen LogP contribution in [0.5, 0.6) is 5.75 Å². The molecular formula is C26H32N4O3. The molecule has 7 nitrogen and oxygen atoms in total. The van der Waals surface area contributed by atoms with Gasteiger partial charge in [-0.2, -0.15) is 0 Å². The average molecular weight is 449 g/mol. The van der Waals surface area contributed by atoms with Gasteiger partial charge in [-0.05, 0) is 69.3 Å². The highest BCUT2D eigenvalue weighted by atomic mass is 16.5. The minimum atomic E-state index is -0.202. The Bertz CT molecular complexity index is 1150. The van der Waals surface area contributed by atoms with E-state index >= 15 is 0 Å². The van der Waals surface area contributed by atoms with Gasteiger partial charge in [0.1, 0.15) is 5.75 Å². The Morgan fingerprint density at radius 2 is 2.00 bits per heavy atom. The molecule has 2 amide bonds. The molecule has 0 saturated carbocycles. The van der Waals surface area contributed by atoms with Crippen LogP contribution in [0.2, 0.25) is 0 Å². The largest absolute Gasteiger partial charge is 0.494 e. The lowest BCUT2D eigenvalue weighted by atomic mass is 10.1. The molecule has 1 aromatic heterocycles. The minimum Gasteiger partial charge on any atom is -0.494 e. The van der Waals surface area contributed by atoms with Gasteiger partial charge in [0.25, 0.3) is 5.56 Å². The number of fused-ring (bicyclic) bond motifs is 1. The Morgan fingerprint density at radius 3 is 2.76 bits per heavy atom. The first-order valence-electron chi connectivity index (χ1n) is 11.7. The van der Waals surface area contributed by atoms with Crippen LogP contribution in [-0.2, 0) is 6.54 Å². The molecule has 3 aromatic rings. The number of likely N-dealkylation sites (N-methyl/N-ethyl adjacent to an activating group) is 1. The Balaban J connectivity index is 1.61. The summed E-state index contributed by atoms with van der Waals surface area (Å²) in [6.07, 6.45) is 2.18. The second kappa shape index (κ2) is 10.5. The second-order valence-corrected chi connectivity index (χ2v) is 8.41. The molecule has 7 heteroatoms. The number of rotatable bonds is 8. The van der Waals surface area contributed by atoms with Crippen LogP contribution in [0.1, 0.15) is 32.3 Å². The van der Waals surface area contributed by atoms with Gasteiger partial charge < -0.3 is 19.9 Å². The number of ether oxygens (including phenoxy) is 1. The van der Waals surface area contributed by atoms with E-state index in [1.807, 2.05) is 61.5 Å². The molecule has 1 aliphatic rings. The minimum absolute atomic E-state index is 0.178. The molecule has 174 valence electrons. The summed E-state index contributed by atoms with van der Waals surface area (Å²) in [6, 6.07) is 17.0. The molecule has 4 rings (SSSR count). The maximum Gasteiger partial charge on any atom is 0.322 e. The average Bonchev–Trinajstić information content (AvgIpc) is 3.27. The van der Waals surface area contributed by atoms with Crippen molar-refractivity contribution in [1.29, 1.82) is 0 Å². The number of carbonyl (C=O) groups excluding carboxylic acids is 1. The summed E-state index contributed by atoms with van der Waals surface area (Å²) >= 11 is 0. The molecule has 1 aliphatic heterocycles. The molecule has 0 spiro atoms. The van der Waals surface area contributed by atoms with Crippen molar-refractivity contribution in [3.05, 3.63) is 70.5 Å². The first-order valence-corrected chi connectivity index (χ1v) is 11.7. The molecule has 1 fully saturated rings. The van der Waals surface area contributed by atoms with Gasteiger partial charge in [-0.25, -0.2) is 4.79 Å². The fraction of sp³-hybridized carbons (Fsp3) is 0.385. The van der Waals surface area contributed by atoms with Crippen molar-refractivity contribution in [1.82, 2.24) is 14.8 Å². The number of H-pyrrole nitrogens is 1. The van der Waals surface area contributed by atoms with Gasteiger partial charge in [0.2, 0.25) is 0 Å². The van der Waals surface area contributed by atoms with E-state index in [4.69, 9.17) is 4.74 Å². The van der Waals surface area contributed by atoms with Gasteiger partial charge >= 0.3 is 6.03 Å². The SMILES string of the molecule is CCOc1ccc2[nH]c(=O)c(CN(CC3CCCN3CC)C(=O)Nc3ccccc3)cc2c1. The molecule has 0 bridgehead atoms. The van der Waals surface area contributed by atoms with E-state index in [1.165, 1.54) is 0 Å². The maximum absolute atomic E-state index is 13.3. The first-order chi connectivity index (χ1) is 16.1. The summed E-state index contributed by atoms with van der Waals surface area (Å²) < 4.78 is 5.61. The van der Waals surface area contributed by atoms with Crippen LogP contribution in [-0.4, -0.2) is 53.1 Å². The molecule has 2 N–H and O–H groups in total. The van der Waals surface area contributed by atoms with E-state index in [1.54, 1.807) is 4.90 Å². The molecule has 1 saturated heterocycles. The Morgan fingerprint density at radius 1 is 1.18 bits per heavy atom. The third-order valence-electron chi connectivity index (χ3n) is 6.21. The number of hydrogen-bond acceptors (Lipinski definition) is 4. The van der Waals surface area contributed by atoms with Gasteiger partial charge in [0.15, 0.2) is 0 Å². The number of nitrogens with zero attached hydrogens (tertiary/aromatic N) is 2. The molecule has 1 unspecified atom stereocenters. The number of anilines is 1. The van der Waals surface area contributed by atoms with E-state index in [2.05, 4.69) is 22.1 Å². The van der Waals surface area contributed by atoms with Crippen molar-refractivity contribution in [2.24, 2.45) is 0 Å². The van der Waals surface area contributed by atoms with Crippen molar-refractivity contribution in [2.45, 2.75) is 39.3 Å². The number of likely N-dealkylation sites (tertiary alicyclic amines) is 1. The zero-order valence-corrected chi connectivity index (χ0v) is 19.3. The maximum atomic E-state index is 13.3. The molecular weight excluding hydrogens is 416 g/mol. The number of aromatic amines is 1. The first kappa shape index (κ1) is 22.9. The van der Waals surface area contributed by atoms with Crippen molar-refractivity contribution in [3.63, 3.8) is 0 Å². The number of urea groups is 1. The molecule has 0 radical (unpaired) electrons. The molecule has 2 aromatic carbocycles. The smallest absolute Gasteiger partial charge is 0.322 e. The number of hydrogen-bond donors (Lipinski definition) is 2. The number of nitrogens with one attached hydrogen (secondary N) is 2. The summed E-state index contributed by atoms with van der Waals surface area (Å²) in [6.45, 7) is 7.47. The summed E-state index contributed by atoms with van der Waals surface area (Å²) in [5.74, 6) is 0.756. The lowest BCUT2D eigenvalue weighted by Gasteiger charge is -2.30. The number of benzene rings is 2. The standard InChI is InChI=1S/C26H32N4O3/c1-3-29-14-8-11-22(29)18-30(26(32)27-21-9-6-5-7-10-21)17-20-15-19-16-23(33-4-2)12-13-24(19)28-25(20)31/h5-7,9-10,12-13,15-16,22H,3-4,8,11,14,17-18H2,1-2H3,(H,27,32)(H,28,31). The summed E-state index contributed by atoms with van der Waals surface area (Å²) in [5, 5.41) is 3.87. The summed E-state index contributed by atoms with van der Waals surface area (Å²) in [7, 11) is 0. The van der Waals surface area contributed by atoms with Gasteiger partial charge in [-0.1, -0.05) is 25.1 Å². The number of amides is 2. The fourth-order valence-corrected chi connectivity index (χ4v) is 4.53. The Kier molecular flexibility index (Phi) is 7.29. The lowest BCUT2D eigenvalue weighted by Crippen LogP contribution is -2.45. The summed E-state index contributed by atoms with van der Waals surface area (Å²) in [5.41, 5.74) is 1.86. The van der Waals surface area contributed by atoms with E-state index in [9.17, 15) is 9.59 Å². The van der Waals surface area contributed by atoms with Crippen molar-refractivity contribution in [2.75, 3.05) is 31.6 Å². The normalized spacial score (nSPS) is 16.1. The lowest BCUT2D eigenvalue weighted by molar-refractivity contribution is 0.174. The fourth-order valence-electron chi connectivity index (χ4n) is 4.53. The Labute approximate surface area is 194 Å². The van der Waals surface area contributed by atoms with Crippen LogP contribution >= 0.6 is 0 Å². The van der Waals surface area contributed by atoms with Crippen LogP contribution in [0.25, 0.3) is 10.9 Å². The van der Waals surface area contributed by atoms with Gasteiger partial charge in [0.05, 0.1) is 13.2 Å². The molecule has 1 atom stereocenters. The number of para-hydroxylation sites is 1. The zero-order valence-electron chi connectivity index (χ0n) is 19.3. The highest BCUT2D eigenvalue weighted by Gasteiger charge is 2.28. The van der Waals surface area contributed by atoms with Crippen LogP contribution < -0.4 is 15.6 Å². The zero-order chi connectivity index (χ0) is 23.2. The predicted octanol–water partition coefficient (Wildman–Crippen LogP) is 4.45. The van der Waals surface area contributed by atoms with Crippen LogP contribution in [0.4, 0.5) is 10.5 Å². The van der Waals surface area contributed by atoms with E-state index < -0.39 is 0 Å². The van der Waals surface area contributed by atoms with E-state index in [0.717, 1.165) is 48.3 Å². The molecule has 0 aliphatic carbocycles. The summed E-state index contributed by atoms with van der Waals surface area (Å²) in [4.78, 5) is 33.3. The third-order valence-corrected chi connectivity index (χ3v) is 6.21. The van der Waals surface area contributed by atoms with E-state index in [-0.39, 0.29) is 18.1 Å². The quantitative estimate of drug-likeness (QED) is 0.534. The van der Waals surface area contributed by atoms with Crippen LogP contribution in [0, 0.1) is 0 Å². The van der Waals surface area contributed by atoms with Crippen molar-refractivity contribution < 1.29 is 9.53 Å². The predicted molar refractivity (Wildman–Crippen MR) is 132 cm³/mol. The van der Waals surface area contributed by atoms with E-state index in [0.29, 0.717) is 24.8 Å².